The number of halogens is 2. The van der Waals surface area contributed by atoms with Crippen LogP contribution in [0.3, 0.4) is 0 Å². The third kappa shape index (κ3) is 4.64. The lowest BCUT2D eigenvalue weighted by atomic mass is 10.2. The molecule has 0 spiro atoms. The third-order valence-corrected chi connectivity index (χ3v) is 3.25. The Kier molecular flexibility index (Phi) is 5.49. The Morgan fingerprint density at radius 3 is 2.00 bits per heavy atom. The average molecular weight is 395 g/mol. The second-order valence-corrected chi connectivity index (χ2v) is 5.34. The van der Waals surface area contributed by atoms with Crippen LogP contribution in [0, 0.1) is 0 Å². The van der Waals surface area contributed by atoms with Gasteiger partial charge in [0.25, 0.3) is 5.91 Å². The zero-order valence-corrected chi connectivity index (χ0v) is 12.6. The first-order chi connectivity index (χ1) is 8.81. The summed E-state index contributed by atoms with van der Waals surface area (Å²) in [5.74, 6) is -3.21. The fraction of sp³-hybridized carbons (Fsp3) is 0.182. The van der Waals surface area contributed by atoms with Gasteiger partial charge in [0, 0.05) is 8.95 Å². The maximum Gasteiger partial charge on any atom is 0.323 e. The summed E-state index contributed by atoms with van der Waals surface area (Å²) in [6.45, 7) is -1.35. The van der Waals surface area contributed by atoms with Crippen molar-refractivity contribution < 1.29 is 24.6 Å². The Hall–Kier alpha value is -1.41. The van der Waals surface area contributed by atoms with Crippen LogP contribution in [0.15, 0.2) is 27.1 Å². The van der Waals surface area contributed by atoms with E-state index in [4.69, 9.17) is 10.2 Å². The molecule has 0 radical (unpaired) electrons. The summed E-state index contributed by atoms with van der Waals surface area (Å²) in [6, 6.07) is 4.71. The lowest BCUT2D eigenvalue weighted by molar-refractivity contribution is -0.140. The Bertz CT molecular complexity index is 516. The molecule has 0 aliphatic heterocycles. The van der Waals surface area contributed by atoms with E-state index in [1.165, 1.54) is 6.07 Å². The summed E-state index contributed by atoms with van der Waals surface area (Å²) < 4.78 is 1.19. The Balaban J connectivity index is 3.04. The minimum absolute atomic E-state index is 0.200. The highest BCUT2D eigenvalue weighted by atomic mass is 79.9. The molecule has 0 saturated carbocycles. The molecule has 0 aromatic heterocycles. The number of amides is 1. The van der Waals surface area contributed by atoms with Crippen LogP contribution in [-0.2, 0) is 9.59 Å². The third-order valence-electron chi connectivity index (χ3n) is 2.10. The van der Waals surface area contributed by atoms with Crippen LogP contribution in [0.2, 0.25) is 0 Å². The molecule has 102 valence electrons. The number of aliphatic carboxylic acids is 2. The molecule has 1 aromatic rings. The summed E-state index contributed by atoms with van der Waals surface area (Å²) in [4.78, 5) is 34.2. The Labute approximate surface area is 125 Å². The second-order valence-electron chi connectivity index (χ2n) is 3.57. The Morgan fingerprint density at radius 1 is 1.05 bits per heavy atom. The fourth-order valence-electron chi connectivity index (χ4n) is 1.36. The predicted molar refractivity (Wildman–Crippen MR) is 73.0 cm³/mol. The van der Waals surface area contributed by atoms with Gasteiger partial charge in [0.1, 0.15) is 13.1 Å². The molecule has 6 nitrogen and oxygen atoms in total. The van der Waals surface area contributed by atoms with E-state index in [0.717, 1.165) is 9.37 Å². The van der Waals surface area contributed by atoms with Crippen molar-refractivity contribution in [3.63, 3.8) is 0 Å². The maximum atomic E-state index is 12.1. The summed E-state index contributed by atoms with van der Waals surface area (Å²) in [7, 11) is 0. The highest BCUT2D eigenvalue weighted by Gasteiger charge is 2.22. The summed E-state index contributed by atoms with van der Waals surface area (Å²) >= 11 is 6.40. The Morgan fingerprint density at radius 2 is 1.58 bits per heavy atom. The number of carbonyl (C=O) groups excluding carboxylic acids is 1. The van der Waals surface area contributed by atoms with E-state index < -0.39 is 30.9 Å². The van der Waals surface area contributed by atoms with E-state index >= 15 is 0 Å². The van der Waals surface area contributed by atoms with Crippen LogP contribution in [-0.4, -0.2) is 46.0 Å². The number of carboxylic acid groups (broad SMARTS) is 2. The number of hydrogen-bond acceptors (Lipinski definition) is 3. The summed E-state index contributed by atoms with van der Waals surface area (Å²) in [5.41, 5.74) is 0.200. The van der Waals surface area contributed by atoms with E-state index in [0.29, 0.717) is 4.47 Å². The molecule has 2 N–H and O–H groups in total. The molecule has 1 amide bonds. The van der Waals surface area contributed by atoms with Gasteiger partial charge in [-0.05, 0) is 34.1 Å². The van der Waals surface area contributed by atoms with Crippen molar-refractivity contribution in [2.75, 3.05) is 13.1 Å². The van der Waals surface area contributed by atoms with Crippen molar-refractivity contribution >= 4 is 49.7 Å². The highest BCUT2D eigenvalue weighted by Crippen LogP contribution is 2.23. The largest absolute Gasteiger partial charge is 0.480 e. The number of rotatable bonds is 5. The number of nitrogens with zero attached hydrogens (tertiary/aromatic N) is 1. The van der Waals surface area contributed by atoms with E-state index in [1.807, 2.05) is 0 Å². The lowest BCUT2D eigenvalue weighted by Crippen LogP contribution is -2.39. The van der Waals surface area contributed by atoms with Crippen LogP contribution in [0.5, 0.6) is 0 Å². The van der Waals surface area contributed by atoms with Crippen molar-refractivity contribution in [2.45, 2.75) is 0 Å². The van der Waals surface area contributed by atoms with E-state index in [1.54, 1.807) is 12.1 Å². The van der Waals surface area contributed by atoms with Crippen molar-refractivity contribution in [1.82, 2.24) is 4.90 Å². The molecule has 0 aliphatic carbocycles. The minimum Gasteiger partial charge on any atom is -0.480 e. The molecule has 0 heterocycles. The topological polar surface area (TPSA) is 94.9 Å². The van der Waals surface area contributed by atoms with Crippen molar-refractivity contribution in [2.24, 2.45) is 0 Å². The molecule has 1 aromatic carbocycles. The van der Waals surface area contributed by atoms with Crippen molar-refractivity contribution in [3.05, 3.63) is 32.7 Å². The monoisotopic (exact) mass is 393 g/mol. The first kappa shape index (κ1) is 15.6. The molecule has 0 unspecified atom stereocenters. The standard InChI is InChI=1S/C11H9Br2NO5/c12-6-1-2-7(8(13)3-6)11(19)14(4-9(15)16)5-10(17)18/h1-3H,4-5H2,(H,15,16)(H,17,18). The summed E-state index contributed by atoms with van der Waals surface area (Å²) in [6.07, 6.45) is 0. The lowest BCUT2D eigenvalue weighted by Gasteiger charge is -2.19. The normalized spacial score (nSPS) is 10.0. The molecule has 0 atom stereocenters. The fourth-order valence-corrected chi connectivity index (χ4v) is 2.58. The number of hydrogen-bond donors (Lipinski definition) is 2. The zero-order chi connectivity index (χ0) is 14.6. The van der Waals surface area contributed by atoms with Gasteiger partial charge in [-0.3, -0.25) is 14.4 Å². The van der Waals surface area contributed by atoms with Gasteiger partial charge in [-0.1, -0.05) is 15.9 Å². The van der Waals surface area contributed by atoms with Gasteiger partial charge in [-0.2, -0.15) is 0 Å². The van der Waals surface area contributed by atoms with E-state index in [9.17, 15) is 14.4 Å². The van der Waals surface area contributed by atoms with Crippen LogP contribution >= 0.6 is 31.9 Å². The quantitative estimate of drug-likeness (QED) is 0.794. The molecule has 0 saturated heterocycles. The first-order valence-corrected chi connectivity index (χ1v) is 6.57. The van der Waals surface area contributed by atoms with Crippen LogP contribution in [0.4, 0.5) is 0 Å². The number of benzene rings is 1. The second kappa shape index (κ2) is 6.67. The van der Waals surface area contributed by atoms with Gasteiger partial charge in [0.05, 0.1) is 5.56 Å². The van der Waals surface area contributed by atoms with Gasteiger partial charge in [0.2, 0.25) is 0 Å². The van der Waals surface area contributed by atoms with Gasteiger partial charge in [0.15, 0.2) is 0 Å². The average Bonchev–Trinajstić information content (AvgIpc) is 2.26. The summed E-state index contributed by atoms with van der Waals surface area (Å²) in [5, 5.41) is 17.4. The first-order valence-electron chi connectivity index (χ1n) is 4.99. The van der Waals surface area contributed by atoms with Gasteiger partial charge in [-0.15, -0.1) is 0 Å². The van der Waals surface area contributed by atoms with Crippen molar-refractivity contribution in [1.29, 1.82) is 0 Å². The molecule has 0 fully saturated rings. The highest BCUT2D eigenvalue weighted by molar-refractivity contribution is 9.11. The van der Waals surface area contributed by atoms with Crippen molar-refractivity contribution in [3.8, 4) is 0 Å². The molecule has 0 aliphatic rings. The van der Waals surface area contributed by atoms with Crippen LogP contribution < -0.4 is 0 Å². The molecule has 8 heteroatoms. The van der Waals surface area contributed by atoms with Gasteiger partial charge in [-0.25, -0.2) is 0 Å². The zero-order valence-electron chi connectivity index (χ0n) is 9.47. The molecule has 0 bridgehead atoms. The number of carboxylic acids is 2. The molecular formula is C11H9Br2NO5. The minimum atomic E-state index is -1.28. The van der Waals surface area contributed by atoms with Crippen LogP contribution in [0.1, 0.15) is 10.4 Å². The molecule has 1 rings (SSSR count). The maximum absolute atomic E-state index is 12.1. The van der Waals surface area contributed by atoms with Gasteiger partial charge >= 0.3 is 11.9 Å². The molecular weight excluding hydrogens is 386 g/mol. The number of carbonyl (C=O) groups is 3. The smallest absolute Gasteiger partial charge is 0.323 e. The molecule has 19 heavy (non-hydrogen) atoms. The van der Waals surface area contributed by atoms with E-state index in [2.05, 4.69) is 31.9 Å². The predicted octanol–water partition coefficient (Wildman–Crippen LogP) is 1.82. The van der Waals surface area contributed by atoms with E-state index in [-0.39, 0.29) is 5.56 Å². The van der Waals surface area contributed by atoms with Gasteiger partial charge < -0.3 is 15.1 Å². The van der Waals surface area contributed by atoms with Crippen LogP contribution in [0.25, 0.3) is 0 Å². The SMILES string of the molecule is O=C(O)CN(CC(=O)O)C(=O)c1ccc(Br)cc1Br.